The van der Waals surface area contributed by atoms with Crippen LogP contribution in [0.2, 0.25) is 0 Å². The first-order valence-electron chi connectivity index (χ1n) is 17.4. The van der Waals surface area contributed by atoms with Crippen LogP contribution in [0.1, 0.15) is 25.0 Å². The van der Waals surface area contributed by atoms with Gasteiger partial charge < -0.3 is 4.90 Å². The van der Waals surface area contributed by atoms with Crippen LogP contribution >= 0.6 is 0 Å². The zero-order chi connectivity index (χ0) is 33.7. The second-order valence-electron chi connectivity index (χ2n) is 13.8. The Bertz CT molecular complexity index is 2490. The molecule has 0 unspecified atom stereocenters. The number of hydrogen-bond acceptors (Lipinski definition) is 1. The molecule has 0 N–H and O–H groups in total. The number of hydrogen-bond donors (Lipinski definition) is 0. The van der Waals surface area contributed by atoms with Crippen molar-refractivity contribution in [2.45, 2.75) is 19.3 Å². The fourth-order valence-corrected chi connectivity index (χ4v) is 7.92. The van der Waals surface area contributed by atoms with Crippen LogP contribution in [-0.4, -0.2) is 0 Å². The van der Waals surface area contributed by atoms with Crippen LogP contribution in [0.4, 0.5) is 17.1 Å². The average molecular weight is 640 g/mol. The Labute approximate surface area is 294 Å². The van der Waals surface area contributed by atoms with E-state index in [1.54, 1.807) is 0 Å². The Morgan fingerprint density at radius 3 is 1.62 bits per heavy atom. The predicted octanol–water partition coefficient (Wildman–Crippen LogP) is 13.6. The smallest absolute Gasteiger partial charge is 0.0546 e. The largest absolute Gasteiger partial charge is 0.310 e. The summed E-state index contributed by atoms with van der Waals surface area (Å²) in [5.41, 5.74) is 15.9. The van der Waals surface area contributed by atoms with Crippen LogP contribution in [0, 0.1) is 0 Å². The molecule has 0 bridgehead atoms. The zero-order valence-corrected chi connectivity index (χ0v) is 28.3. The van der Waals surface area contributed by atoms with Gasteiger partial charge in [-0.05, 0) is 97.2 Å². The molecule has 0 saturated carbocycles. The van der Waals surface area contributed by atoms with Crippen LogP contribution in [-0.2, 0) is 5.41 Å². The number of rotatable bonds is 6. The lowest BCUT2D eigenvalue weighted by atomic mass is 9.81. The van der Waals surface area contributed by atoms with Gasteiger partial charge in [-0.3, -0.25) is 0 Å². The molecule has 0 atom stereocenters. The van der Waals surface area contributed by atoms with Crippen LogP contribution in [0.5, 0.6) is 0 Å². The molecule has 8 aromatic rings. The number of anilines is 3. The van der Waals surface area contributed by atoms with E-state index in [2.05, 4.69) is 207 Å². The molecule has 0 heterocycles. The molecule has 0 aliphatic heterocycles. The van der Waals surface area contributed by atoms with Gasteiger partial charge in [-0.2, -0.15) is 0 Å². The van der Waals surface area contributed by atoms with Crippen molar-refractivity contribution in [3.8, 4) is 44.5 Å². The maximum absolute atomic E-state index is 2.47. The second kappa shape index (κ2) is 12.1. The minimum Gasteiger partial charge on any atom is -0.310 e. The molecule has 9 rings (SSSR count). The van der Waals surface area contributed by atoms with Gasteiger partial charge in [0.05, 0.1) is 5.69 Å². The van der Waals surface area contributed by atoms with E-state index in [4.69, 9.17) is 0 Å². The molecule has 50 heavy (non-hydrogen) atoms. The SMILES string of the molecule is CC1(C)c2cc(N(c3cccc(-c4ccccc4)c3)c3cc4ccccc4cc3-c3ccccc3)ccc2-c2c(-c3ccccc3)cccc21. The molecule has 0 amide bonds. The van der Waals surface area contributed by atoms with E-state index in [0.29, 0.717) is 0 Å². The van der Waals surface area contributed by atoms with Gasteiger partial charge in [-0.1, -0.05) is 166 Å². The van der Waals surface area contributed by atoms with Gasteiger partial charge in [0.25, 0.3) is 0 Å². The van der Waals surface area contributed by atoms with Crippen molar-refractivity contribution >= 4 is 27.8 Å². The summed E-state index contributed by atoms with van der Waals surface area (Å²) in [7, 11) is 0. The Balaban J connectivity index is 1.30. The fourth-order valence-electron chi connectivity index (χ4n) is 7.92. The first-order chi connectivity index (χ1) is 24.6. The number of fused-ring (bicyclic) bond motifs is 4. The third-order valence-electron chi connectivity index (χ3n) is 10.4. The Morgan fingerprint density at radius 2 is 0.920 bits per heavy atom. The van der Waals surface area contributed by atoms with E-state index in [-0.39, 0.29) is 5.41 Å². The summed E-state index contributed by atoms with van der Waals surface area (Å²) in [6.07, 6.45) is 0. The van der Waals surface area contributed by atoms with Crippen molar-refractivity contribution in [2.75, 3.05) is 4.90 Å². The van der Waals surface area contributed by atoms with Crippen LogP contribution in [0.25, 0.3) is 55.3 Å². The standard InChI is InChI=1S/C49H37N/c1-49(2)45-27-15-26-42(35-18-8-4-9-19-35)48(45)43-29-28-41(33-46(43)49)50(40-25-14-24-37(30-40)34-16-6-3-7-17-34)47-32-39-23-13-12-22-38(39)31-44(47)36-20-10-5-11-21-36/h3-33H,1-2H3. The Hall–Kier alpha value is -6.18. The molecular formula is C49H37N. The summed E-state index contributed by atoms with van der Waals surface area (Å²) in [6.45, 7) is 4.75. The van der Waals surface area contributed by atoms with E-state index in [9.17, 15) is 0 Å². The van der Waals surface area contributed by atoms with Crippen LogP contribution in [0.3, 0.4) is 0 Å². The summed E-state index contributed by atoms with van der Waals surface area (Å²) in [6, 6.07) is 68.6. The quantitative estimate of drug-likeness (QED) is 0.175. The highest BCUT2D eigenvalue weighted by Crippen LogP contribution is 2.54. The number of benzene rings is 8. The number of nitrogens with zero attached hydrogens (tertiary/aromatic N) is 1. The molecule has 1 aliphatic rings. The third-order valence-corrected chi connectivity index (χ3v) is 10.4. The fraction of sp³-hybridized carbons (Fsp3) is 0.0612. The van der Waals surface area contributed by atoms with Gasteiger partial charge in [0.1, 0.15) is 0 Å². The summed E-state index contributed by atoms with van der Waals surface area (Å²) in [4.78, 5) is 2.47. The zero-order valence-electron chi connectivity index (χ0n) is 28.3. The first-order valence-corrected chi connectivity index (χ1v) is 17.4. The van der Waals surface area contributed by atoms with E-state index in [1.165, 1.54) is 66.4 Å². The van der Waals surface area contributed by atoms with Gasteiger partial charge in [0, 0.05) is 22.4 Å². The highest BCUT2D eigenvalue weighted by Gasteiger charge is 2.37. The van der Waals surface area contributed by atoms with E-state index in [0.717, 1.165) is 17.1 Å². The van der Waals surface area contributed by atoms with Gasteiger partial charge in [-0.25, -0.2) is 0 Å². The Morgan fingerprint density at radius 1 is 0.360 bits per heavy atom. The molecule has 0 spiro atoms. The molecule has 0 aromatic heterocycles. The maximum atomic E-state index is 2.47. The minimum atomic E-state index is -0.172. The predicted molar refractivity (Wildman–Crippen MR) is 213 cm³/mol. The van der Waals surface area contributed by atoms with E-state index in [1.807, 2.05) is 0 Å². The summed E-state index contributed by atoms with van der Waals surface area (Å²) in [5, 5.41) is 2.44. The van der Waals surface area contributed by atoms with E-state index >= 15 is 0 Å². The minimum absolute atomic E-state index is 0.172. The van der Waals surface area contributed by atoms with Crippen molar-refractivity contribution in [3.63, 3.8) is 0 Å². The summed E-state index contributed by atoms with van der Waals surface area (Å²) in [5.74, 6) is 0. The normalized spacial score (nSPS) is 12.8. The lowest BCUT2D eigenvalue weighted by Gasteiger charge is -2.30. The summed E-state index contributed by atoms with van der Waals surface area (Å²) < 4.78 is 0. The van der Waals surface area contributed by atoms with Crippen molar-refractivity contribution in [3.05, 3.63) is 199 Å². The topological polar surface area (TPSA) is 3.24 Å². The Kier molecular flexibility index (Phi) is 7.21. The molecule has 1 aliphatic carbocycles. The highest BCUT2D eigenvalue weighted by molar-refractivity contribution is 6.00. The monoisotopic (exact) mass is 639 g/mol. The molecule has 0 radical (unpaired) electrons. The molecule has 238 valence electrons. The lowest BCUT2D eigenvalue weighted by Crippen LogP contribution is -2.17. The first kappa shape index (κ1) is 29.9. The van der Waals surface area contributed by atoms with Gasteiger partial charge in [0.15, 0.2) is 0 Å². The van der Waals surface area contributed by atoms with Gasteiger partial charge in [0.2, 0.25) is 0 Å². The molecular weight excluding hydrogens is 603 g/mol. The molecule has 0 fully saturated rings. The molecule has 1 nitrogen and oxygen atoms in total. The van der Waals surface area contributed by atoms with Crippen molar-refractivity contribution in [1.82, 2.24) is 0 Å². The van der Waals surface area contributed by atoms with Crippen molar-refractivity contribution in [1.29, 1.82) is 0 Å². The molecule has 8 aromatic carbocycles. The third kappa shape index (κ3) is 5.02. The van der Waals surface area contributed by atoms with E-state index < -0.39 is 0 Å². The van der Waals surface area contributed by atoms with Crippen LogP contribution < -0.4 is 4.90 Å². The highest BCUT2D eigenvalue weighted by atomic mass is 15.1. The average Bonchev–Trinajstić information content (AvgIpc) is 3.41. The maximum Gasteiger partial charge on any atom is 0.0546 e. The van der Waals surface area contributed by atoms with Crippen molar-refractivity contribution < 1.29 is 0 Å². The van der Waals surface area contributed by atoms with Gasteiger partial charge >= 0.3 is 0 Å². The lowest BCUT2D eigenvalue weighted by molar-refractivity contribution is 0.660. The van der Waals surface area contributed by atoms with Crippen molar-refractivity contribution in [2.24, 2.45) is 0 Å². The molecule has 1 heteroatoms. The second-order valence-corrected chi connectivity index (χ2v) is 13.8. The van der Waals surface area contributed by atoms with Crippen LogP contribution in [0.15, 0.2) is 188 Å². The molecule has 0 saturated heterocycles. The summed E-state index contributed by atoms with van der Waals surface area (Å²) >= 11 is 0. The van der Waals surface area contributed by atoms with Gasteiger partial charge in [-0.15, -0.1) is 0 Å².